The van der Waals surface area contributed by atoms with Crippen molar-refractivity contribution in [2.75, 3.05) is 0 Å². The summed E-state index contributed by atoms with van der Waals surface area (Å²) < 4.78 is 7.94. The van der Waals surface area contributed by atoms with E-state index in [0.29, 0.717) is 6.19 Å². The lowest BCUT2D eigenvalue weighted by atomic mass is 10.1. The zero-order chi connectivity index (χ0) is 12.1. The first-order valence-electron chi connectivity index (χ1n) is 5.92. The molecule has 0 aliphatic carbocycles. The molecule has 0 radical (unpaired) electrons. The molecule has 1 atom stereocenters. The van der Waals surface area contributed by atoms with Crippen LogP contribution in [0.4, 0.5) is 0 Å². The Morgan fingerprint density at radius 1 is 1.00 bits per heavy atom. The smallest absolute Gasteiger partial charge is 0.0842 e. The van der Waals surface area contributed by atoms with Crippen molar-refractivity contribution in [2.24, 2.45) is 4.99 Å². The molecule has 2 rings (SSSR count). The van der Waals surface area contributed by atoms with Crippen LogP contribution in [0.3, 0.4) is 0 Å². The SMILES string of the molecule is [2H]C(=NC(C)c1ccccc1)c1ccccc1. The van der Waals surface area contributed by atoms with Crippen molar-refractivity contribution in [1.82, 2.24) is 0 Å². The van der Waals surface area contributed by atoms with Gasteiger partial charge in [-0.1, -0.05) is 60.7 Å². The van der Waals surface area contributed by atoms with Crippen LogP contribution >= 0.6 is 0 Å². The normalized spacial score (nSPS) is 14.3. The van der Waals surface area contributed by atoms with Gasteiger partial charge in [-0.15, -0.1) is 0 Å². The summed E-state index contributed by atoms with van der Waals surface area (Å²) in [6.45, 7) is 2.01. The minimum atomic E-state index is 0.0175. The van der Waals surface area contributed by atoms with Gasteiger partial charge in [0.15, 0.2) is 0 Å². The summed E-state index contributed by atoms with van der Waals surface area (Å²) in [5, 5.41) is 0. The molecule has 0 amide bonds. The standard InChI is InChI=1S/C15H15N/c1-13(15-10-6-3-7-11-15)16-12-14-8-4-2-5-9-14/h2-13H,1H3/i12D. The average molecular weight is 210 g/mol. The quantitative estimate of drug-likeness (QED) is 0.682. The fourth-order valence-electron chi connectivity index (χ4n) is 1.49. The second-order valence-electron chi connectivity index (χ2n) is 3.69. The third kappa shape index (κ3) is 2.80. The van der Waals surface area contributed by atoms with Crippen LogP contribution in [0, 0.1) is 0 Å². The second-order valence-corrected chi connectivity index (χ2v) is 3.69. The van der Waals surface area contributed by atoms with Crippen LogP contribution in [0.5, 0.6) is 0 Å². The van der Waals surface area contributed by atoms with E-state index in [1.807, 2.05) is 67.6 Å². The highest BCUT2D eigenvalue weighted by Crippen LogP contribution is 2.15. The first-order chi connectivity index (χ1) is 8.27. The Morgan fingerprint density at radius 3 is 2.19 bits per heavy atom. The summed E-state index contributed by atoms with van der Waals surface area (Å²) in [4.78, 5) is 4.40. The zero-order valence-electron chi connectivity index (χ0n) is 10.3. The van der Waals surface area contributed by atoms with E-state index in [1.54, 1.807) is 0 Å². The van der Waals surface area contributed by atoms with Crippen LogP contribution in [-0.4, -0.2) is 6.19 Å². The van der Waals surface area contributed by atoms with E-state index in [-0.39, 0.29) is 6.04 Å². The minimum absolute atomic E-state index is 0.0175. The number of hydrogen-bond acceptors (Lipinski definition) is 1. The highest BCUT2D eigenvalue weighted by Gasteiger charge is 1.99. The molecule has 16 heavy (non-hydrogen) atoms. The summed E-state index contributed by atoms with van der Waals surface area (Å²) in [6.07, 6.45) is 0.335. The third-order valence-corrected chi connectivity index (χ3v) is 2.44. The first kappa shape index (κ1) is 9.34. The maximum atomic E-state index is 7.94. The van der Waals surface area contributed by atoms with Gasteiger partial charge in [-0.05, 0) is 18.1 Å². The highest BCUT2D eigenvalue weighted by molar-refractivity contribution is 5.79. The van der Waals surface area contributed by atoms with Crippen molar-refractivity contribution >= 4 is 6.19 Å². The van der Waals surface area contributed by atoms with Gasteiger partial charge in [-0.3, -0.25) is 4.99 Å². The van der Waals surface area contributed by atoms with Crippen molar-refractivity contribution in [3.05, 3.63) is 71.8 Å². The van der Waals surface area contributed by atoms with Crippen LogP contribution in [0.25, 0.3) is 0 Å². The Labute approximate surface area is 97.9 Å². The number of rotatable bonds is 3. The van der Waals surface area contributed by atoms with Gasteiger partial charge in [0.25, 0.3) is 0 Å². The van der Waals surface area contributed by atoms with E-state index in [0.717, 1.165) is 11.1 Å². The van der Waals surface area contributed by atoms with Crippen LogP contribution in [-0.2, 0) is 0 Å². The fraction of sp³-hybridized carbons (Fsp3) is 0.133. The molecule has 0 aliphatic heterocycles. The average Bonchev–Trinajstić information content (AvgIpc) is 2.40. The lowest BCUT2D eigenvalue weighted by Crippen LogP contribution is -1.90. The van der Waals surface area contributed by atoms with Crippen LogP contribution in [0.15, 0.2) is 65.7 Å². The molecule has 1 nitrogen and oxygen atoms in total. The molecule has 0 aliphatic rings. The molecular weight excluding hydrogens is 194 g/mol. The summed E-state index contributed by atoms with van der Waals surface area (Å²) in [6, 6.07) is 19.7. The summed E-state index contributed by atoms with van der Waals surface area (Å²) in [5.74, 6) is 0. The van der Waals surface area contributed by atoms with E-state index >= 15 is 0 Å². The second kappa shape index (κ2) is 5.26. The number of hydrogen-bond donors (Lipinski definition) is 0. The molecule has 0 bridgehead atoms. The molecule has 0 fully saturated rings. The Bertz CT molecular complexity index is 491. The summed E-state index contributed by atoms with van der Waals surface area (Å²) in [7, 11) is 0. The van der Waals surface area contributed by atoms with Gasteiger partial charge < -0.3 is 0 Å². The molecule has 0 heterocycles. The predicted octanol–water partition coefficient (Wildman–Crippen LogP) is 3.87. The van der Waals surface area contributed by atoms with E-state index < -0.39 is 0 Å². The zero-order valence-corrected chi connectivity index (χ0v) is 9.30. The van der Waals surface area contributed by atoms with Crippen molar-refractivity contribution in [1.29, 1.82) is 0 Å². The lowest BCUT2D eigenvalue weighted by Gasteiger charge is -2.05. The van der Waals surface area contributed by atoms with Gasteiger partial charge in [0.2, 0.25) is 0 Å². The van der Waals surface area contributed by atoms with Gasteiger partial charge in [0.05, 0.1) is 7.41 Å². The van der Waals surface area contributed by atoms with E-state index in [1.165, 1.54) is 0 Å². The lowest BCUT2D eigenvalue weighted by molar-refractivity contribution is 0.825. The molecule has 0 N–H and O–H groups in total. The Kier molecular flexibility index (Phi) is 3.07. The van der Waals surface area contributed by atoms with Crippen molar-refractivity contribution < 1.29 is 1.37 Å². The topological polar surface area (TPSA) is 12.4 Å². The summed E-state index contributed by atoms with van der Waals surface area (Å²) >= 11 is 0. The minimum Gasteiger partial charge on any atom is -0.285 e. The summed E-state index contributed by atoms with van der Waals surface area (Å²) in [5.41, 5.74) is 1.99. The Hall–Kier alpha value is -1.89. The van der Waals surface area contributed by atoms with Gasteiger partial charge in [-0.2, -0.15) is 0 Å². The van der Waals surface area contributed by atoms with Crippen LogP contribution in [0.1, 0.15) is 25.5 Å². The van der Waals surface area contributed by atoms with Gasteiger partial charge in [0, 0.05) is 6.19 Å². The molecule has 80 valence electrons. The van der Waals surface area contributed by atoms with Crippen molar-refractivity contribution in [2.45, 2.75) is 13.0 Å². The Balaban J connectivity index is 2.20. The molecule has 0 spiro atoms. The van der Waals surface area contributed by atoms with Crippen LogP contribution in [0.2, 0.25) is 0 Å². The monoisotopic (exact) mass is 210 g/mol. The van der Waals surface area contributed by atoms with Crippen LogP contribution < -0.4 is 0 Å². The fourth-order valence-corrected chi connectivity index (χ4v) is 1.49. The van der Waals surface area contributed by atoms with E-state index in [9.17, 15) is 0 Å². The molecule has 1 heteroatoms. The molecule has 0 aromatic heterocycles. The molecule has 2 aromatic carbocycles. The largest absolute Gasteiger partial charge is 0.285 e. The first-order valence-corrected chi connectivity index (χ1v) is 5.42. The third-order valence-electron chi connectivity index (χ3n) is 2.44. The molecule has 0 saturated carbocycles. The molecule has 1 unspecified atom stereocenters. The molecular formula is C15H15N. The van der Waals surface area contributed by atoms with Crippen molar-refractivity contribution in [3.63, 3.8) is 0 Å². The van der Waals surface area contributed by atoms with E-state index in [2.05, 4.69) is 4.99 Å². The number of benzene rings is 2. The molecule has 2 aromatic rings. The number of aliphatic imine (C=N–C) groups is 1. The predicted molar refractivity (Wildman–Crippen MR) is 68.9 cm³/mol. The molecule has 0 saturated heterocycles. The van der Waals surface area contributed by atoms with Gasteiger partial charge in [0.1, 0.15) is 0 Å². The van der Waals surface area contributed by atoms with E-state index in [4.69, 9.17) is 1.37 Å². The van der Waals surface area contributed by atoms with Crippen molar-refractivity contribution in [3.8, 4) is 0 Å². The van der Waals surface area contributed by atoms with Gasteiger partial charge in [-0.25, -0.2) is 0 Å². The number of nitrogens with zero attached hydrogens (tertiary/aromatic N) is 1. The Morgan fingerprint density at radius 2 is 1.56 bits per heavy atom. The maximum Gasteiger partial charge on any atom is 0.0842 e. The highest BCUT2D eigenvalue weighted by atomic mass is 14.8. The van der Waals surface area contributed by atoms with Gasteiger partial charge >= 0.3 is 0 Å². The maximum absolute atomic E-state index is 7.94.